The van der Waals surface area contributed by atoms with Crippen LogP contribution in [0, 0.1) is 5.82 Å². The minimum absolute atomic E-state index is 0.0592. The van der Waals surface area contributed by atoms with Crippen molar-refractivity contribution in [2.45, 2.75) is 11.9 Å². The van der Waals surface area contributed by atoms with Crippen LogP contribution in [0.2, 0.25) is 0 Å². The average molecular weight is 325 g/mol. The van der Waals surface area contributed by atoms with E-state index in [1.54, 1.807) is 11.0 Å². The Morgan fingerprint density at radius 1 is 1.19 bits per heavy atom. The third-order valence-corrected chi connectivity index (χ3v) is 3.86. The minimum atomic E-state index is -5.65. The number of hydrogen-bond acceptors (Lipinski definition) is 4. The van der Waals surface area contributed by atoms with Crippen LogP contribution < -0.4 is 4.90 Å². The van der Waals surface area contributed by atoms with E-state index < -0.39 is 21.4 Å². The van der Waals surface area contributed by atoms with Crippen molar-refractivity contribution in [1.29, 1.82) is 0 Å². The third kappa shape index (κ3) is 3.46. The first kappa shape index (κ1) is 15.6. The number of anilines is 1. The van der Waals surface area contributed by atoms with E-state index in [4.69, 9.17) is 0 Å². The number of alkyl halides is 3. The molecule has 2 rings (SSSR count). The quantitative estimate of drug-likeness (QED) is 0.487. The van der Waals surface area contributed by atoms with Crippen LogP contribution >= 0.6 is 0 Å². The van der Waals surface area contributed by atoms with Crippen LogP contribution in [0.25, 0.3) is 0 Å². The van der Waals surface area contributed by atoms with Gasteiger partial charge in [-0.1, -0.05) is 12.1 Å². The molecular formula is C12H11F4NO3S. The van der Waals surface area contributed by atoms with Gasteiger partial charge >= 0.3 is 15.6 Å². The Morgan fingerprint density at radius 2 is 1.86 bits per heavy atom. The molecule has 0 spiro atoms. The Morgan fingerprint density at radius 3 is 2.38 bits per heavy atom. The Labute approximate surface area is 118 Å². The summed E-state index contributed by atoms with van der Waals surface area (Å²) < 4.78 is 75.9. The van der Waals surface area contributed by atoms with Gasteiger partial charge in [0.1, 0.15) is 11.6 Å². The predicted molar refractivity (Wildman–Crippen MR) is 67.4 cm³/mol. The van der Waals surface area contributed by atoms with Gasteiger partial charge in [-0.2, -0.15) is 21.6 Å². The minimum Gasteiger partial charge on any atom is -0.381 e. The van der Waals surface area contributed by atoms with Crippen molar-refractivity contribution in [3.8, 4) is 0 Å². The molecule has 0 saturated heterocycles. The zero-order chi connectivity index (χ0) is 15.7. The van der Waals surface area contributed by atoms with Gasteiger partial charge in [0.15, 0.2) is 0 Å². The highest BCUT2D eigenvalue weighted by molar-refractivity contribution is 7.87. The van der Waals surface area contributed by atoms with Gasteiger partial charge in [-0.3, -0.25) is 0 Å². The summed E-state index contributed by atoms with van der Waals surface area (Å²) in [6.07, 6.45) is 1.13. The third-order valence-electron chi connectivity index (χ3n) is 2.86. The van der Waals surface area contributed by atoms with Gasteiger partial charge in [0.05, 0.1) is 5.69 Å². The van der Waals surface area contributed by atoms with E-state index in [0.29, 0.717) is 5.69 Å². The molecule has 1 aliphatic rings. The van der Waals surface area contributed by atoms with Crippen molar-refractivity contribution >= 4 is 15.8 Å². The number of hydrogen-bond donors (Lipinski definition) is 0. The van der Waals surface area contributed by atoms with Crippen molar-refractivity contribution in [2.75, 3.05) is 18.0 Å². The maximum absolute atomic E-state index is 13.6. The zero-order valence-electron chi connectivity index (χ0n) is 10.6. The molecule has 0 atom stereocenters. The van der Waals surface area contributed by atoms with Crippen LogP contribution in [0.3, 0.4) is 0 Å². The van der Waals surface area contributed by atoms with Crippen LogP contribution in [-0.2, 0) is 14.3 Å². The Kier molecular flexibility index (Phi) is 4.13. The molecule has 1 aromatic rings. The van der Waals surface area contributed by atoms with Gasteiger partial charge in [-0.15, -0.1) is 0 Å². The molecule has 1 heterocycles. The first-order valence-electron chi connectivity index (χ1n) is 5.90. The highest BCUT2D eigenvalue weighted by atomic mass is 32.2. The number of rotatable bonds is 3. The van der Waals surface area contributed by atoms with Crippen molar-refractivity contribution in [3.63, 3.8) is 0 Å². The molecular weight excluding hydrogens is 314 g/mol. The molecule has 0 aromatic heterocycles. The van der Waals surface area contributed by atoms with E-state index in [0.717, 1.165) is 0 Å². The Balaban J connectivity index is 2.08. The smallest absolute Gasteiger partial charge is 0.381 e. The summed E-state index contributed by atoms with van der Waals surface area (Å²) in [5.74, 6) is -0.752. The normalized spacial score (nSPS) is 16.6. The standard InChI is InChI=1S/C12H11F4NO3S/c13-10-3-1-2-4-11(10)17-7-5-9(6-8-17)20-21(18,19)12(14,15)16/h1-5H,6-8H2. The summed E-state index contributed by atoms with van der Waals surface area (Å²) in [7, 11) is -5.65. The van der Waals surface area contributed by atoms with E-state index in [9.17, 15) is 26.0 Å². The van der Waals surface area contributed by atoms with E-state index in [1.165, 1.54) is 24.3 Å². The van der Waals surface area contributed by atoms with Crippen molar-refractivity contribution < 1.29 is 30.2 Å². The largest absolute Gasteiger partial charge is 0.534 e. The lowest BCUT2D eigenvalue weighted by Gasteiger charge is -2.28. The summed E-state index contributed by atoms with van der Waals surface area (Å²) in [6.45, 7) is 0.212. The molecule has 116 valence electrons. The molecule has 21 heavy (non-hydrogen) atoms. The second-order valence-corrected chi connectivity index (χ2v) is 5.84. The van der Waals surface area contributed by atoms with Crippen molar-refractivity contribution in [2.24, 2.45) is 0 Å². The fourth-order valence-corrected chi connectivity index (χ4v) is 2.37. The number of para-hydroxylation sites is 1. The first-order chi connectivity index (χ1) is 9.71. The Hall–Kier alpha value is -1.77. The monoisotopic (exact) mass is 325 g/mol. The summed E-state index contributed by atoms with van der Waals surface area (Å²) >= 11 is 0. The molecule has 1 aliphatic heterocycles. The SMILES string of the molecule is O=S(=O)(OC1=CCN(c2ccccc2F)CC1)C(F)(F)F. The predicted octanol–water partition coefficient (Wildman–Crippen LogP) is 2.79. The van der Waals surface area contributed by atoms with Gasteiger partial charge in [-0.05, 0) is 18.2 Å². The van der Waals surface area contributed by atoms with E-state index in [-0.39, 0.29) is 25.3 Å². The second-order valence-electron chi connectivity index (χ2n) is 4.30. The lowest BCUT2D eigenvalue weighted by molar-refractivity contribution is -0.0523. The fourth-order valence-electron chi connectivity index (χ4n) is 1.84. The summed E-state index contributed by atoms with van der Waals surface area (Å²) in [5, 5.41) is 0. The molecule has 0 N–H and O–H groups in total. The van der Waals surface area contributed by atoms with Crippen LogP contribution in [0.5, 0.6) is 0 Å². The molecule has 0 bridgehead atoms. The molecule has 0 unspecified atom stereocenters. The van der Waals surface area contributed by atoms with Crippen LogP contribution in [-0.4, -0.2) is 27.0 Å². The van der Waals surface area contributed by atoms with Crippen molar-refractivity contribution in [3.05, 3.63) is 41.9 Å². The molecule has 1 aromatic carbocycles. The second kappa shape index (κ2) is 5.55. The van der Waals surface area contributed by atoms with Gasteiger partial charge in [0, 0.05) is 19.5 Å². The molecule has 9 heteroatoms. The number of nitrogens with zero attached hydrogens (tertiary/aromatic N) is 1. The van der Waals surface area contributed by atoms with Crippen LogP contribution in [0.1, 0.15) is 6.42 Å². The summed E-state index contributed by atoms with van der Waals surface area (Å²) in [6, 6.07) is 5.94. The maximum atomic E-state index is 13.6. The van der Waals surface area contributed by atoms with E-state index in [2.05, 4.69) is 4.18 Å². The van der Waals surface area contributed by atoms with Gasteiger partial charge in [-0.25, -0.2) is 4.39 Å². The lowest BCUT2D eigenvalue weighted by atomic mass is 10.2. The van der Waals surface area contributed by atoms with E-state index in [1.807, 2.05) is 0 Å². The van der Waals surface area contributed by atoms with E-state index >= 15 is 0 Å². The lowest BCUT2D eigenvalue weighted by Crippen LogP contribution is -2.32. The number of halogens is 4. The average Bonchev–Trinajstić information content (AvgIpc) is 2.39. The summed E-state index contributed by atoms with van der Waals surface area (Å²) in [5.41, 5.74) is -5.16. The number of benzene rings is 1. The van der Waals surface area contributed by atoms with Gasteiger partial charge in [0.25, 0.3) is 0 Å². The highest BCUT2D eigenvalue weighted by Crippen LogP contribution is 2.29. The first-order valence-corrected chi connectivity index (χ1v) is 7.31. The van der Waals surface area contributed by atoms with Crippen molar-refractivity contribution in [1.82, 2.24) is 0 Å². The zero-order valence-corrected chi connectivity index (χ0v) is 11.4. The molecule has 0 fully saturated rings. The van der Waals surface area contributed by atoms with Gasteiger partial charge < -0.3 is 9.08 Å². The van der Waals surface area contributed by atoms with Crippen LogP contribution in [0.15, 0.2) is 36.1 Å². The molecule has 0 radical (unpaired) electrons. The Bertz CT molecular complexity index is 655. The highest BCUT2D eigenvalue weighted by Gasteiger charge is 2.48. The molecule has 4 nitrogen and oxygen atoms in total. The molecule has 0 amide bonds. The molecule has 0 aliphatic carbocycles. The topological polar surface area (TPSA) is 46.6 Å². The maximum Gasteiger partial charge on any atom is 0.534 e. The van der Waals surface area contributed by atoms with Gasteiger partial charge in [0.2, 0.25) is 0 Å². The summed E-state index contributed by atoms with van der Waals surface area (Å²) in [4.78, 5) is 1.57. The molecule has 0 saturated carbocycles. The fraction of sp³-hybridized carbons (Fsp3) is 0.333. The van der Waals surface area contributed by atoms with Crippen LogP contribution in [0.4, 0.5) is 23.2 Å².